The van der Waals surface area contributed by atoms with Crippen molar-refractivity contribution in [2.75, 3.05) is 6.54 Å². The highest BCUT2D eigenvalue weighted by molar-refractivity contribution is 5.91. The van der Waals surface area contributed by atoms with Crippen molar-refractivity contribution in [3.8, 4) is 0 Å². The quantitative estimate of drug-likeness (QED) is 0.736. The van der Waals surface area contributed by atoms with E-state index in [-0.39, 0.29) is 17.2 Å². The molecule has 0 unspecified atom stereocenters. The molecular weight excluding hydrogens is 202 g/mol. The zero-order chi connectivity index (χ0) is 12.3. The Morgan fingerprint density at radius 3 is 2.50 bits per heavy atom. The summed E-state index contributed by atoms with van der Waals surface area (Å²) in [5.41, 5.74) is -0.272. The summed E-state index contributed by atoms with van der Waals surface area (Å²) in [6, 6.07) is 0. The van der Waals surface area contributed by atoms with Crippen LogP contribution in [0.5, 0.6) is 0 Å². The molecule has 1 aliphatic rings. The number of carbonyl (C=O) groups excluding carboxylic acids is 2. The summed E-state index contributed by atoms with van der Waals surface area (Å²) >= 11 is 0. The first-order chi connectivity index (χ1) is 7.33. The van der Waals surface area contributed by atoms with Crippen LogP contribution in [0.4, 0.5) is 0 Å². The number of Topliss-reactive ketones (excluding diaryl/α,β-unsaturated/α-hetero) is 1. The summed E-state index contributed by atoms with van der Waals surface area (Å²) in [6.45, 7) is 8.57. The molecule has 0 aromatic rings. The fraction of sp³-hybridized carbons (Fsp3) is 0.846. The first-order valence-electron chi connectivity index (χ1n) is 6.15. The normalized spacial score (nSPS) is 19.6. The van der Waals surface area contributed by atoms with Crippen molar-refractivity contribution in [3.63, 3.8) is 0 Å². The van der Waals surface area contributed by atoms with E-state index in [1.54, 1.807) is 4.90 Å². The van der Waals surface area contributed by atoms with Crippen molar-refractivity contribution in [1.29, 1.82) is 0 Å². The third-order valence-corrected chi connectivity index (χ3v) is 3.17. The van der Waals surface area contributed by atoms with Gasteiger partial charge in [-0.15, -0.1) is 0 Å². The summed E-state index contributed by atoms with van der Waals surface area (Å²) in [7, 11) is 0. The zero-order valence-corrected chi connectivity index (χ0v) is 10.9. The molecule has 3 heteroatoms. The highest BCUT2D eigenvalue weighted by Gasteiger charge is 2.39. The van der Waals surface area contributed by atoms with Crippen molar-refractivity contribution in [2.24, 2.45) is 5.92 Å². The van der Waals surface area contributed by atoms with Crippen LogP contribution < -0.4 is 0 Å². The van der Waals surface area contributed by atoms with Gasteiger partial charge < -0.3 is 4.90 Å². The molecule has 0 spiro atoms. The molecule has 0 radical (unpaired) electrons. The second-order valence-electron chi connectivity index (χ2n) is 5.79. The average molecular weight is 225 g/mol. The third kappa shape index (κ3) is 3.32. The third-order valence-electron chi connectivity index (χ3n) is 3.17. The van der Waals surface area contributed by atoms with Crippen LogP contribution in [0.15, 0.2) is 0 Å². The van der Waals surface area contributed by atoms with E-state index in [1.807, 2.05) is 13.8 Å². The topological polar surface area (TPSA) is 37.4 Å². The standard InChI is InChI=1S/C13H23NO2/c1-10(2)6-5-7-12(16)14-9-11(15)8-13(14,3)4/h10H,5-9H2,1-4H3. The lowest BCUT2D eigenvalue weighted by Crippen LogP contribution is -2.42. The van der Waals surface area contributed by atoms with Crippen LogP contribution in [0.2, 0.25) is 0 Å². The Kier molecular flexibility index (Phi) is 4.11. The summed E-state index contributed by atoms with van der Waals surface area (Å²) in [5.74, 6) is 0.958. The van der Waals surface area contributed by atoms with Crippen molar-refractivity contribution in [3.05, 3.63) is 0 Å². The molecule has 0 aromatic heterocycles. The van der Waals surface area contributed by atoms with Crippen LogP contribution in [0.1, 0.15) is 53.4 Å². The van der Waals surface area contributed by atoms with Gasteiger partial charge in [0.1, 0.15) is 0 Å². The van der Waals surface area contributed by atoms with Crippen LogP contribution in [0.25, 0.3) is 0 Å². The van der Waals surface area contributed by atoms with Crippen LogP contribution in [0, 0.1) is 5.92 Å². The Bertz CT molecular complexity index is 282. The molecule has 1 fully saturated rings. The molecule has 0 bridgehead atoms. The summed E-state index contributed by atoms with van der Waals surface area (Å²) in [6.07, 6.45) is 3.09. The van der Waals surface area contributed by atoms with E-state index in [4.69, 9.17) is 0 Å². The number of hydrogen-bond donors (Lipinski definition) is 0. The first-order valence-corrected chi connectivity index (χ1v) is 6.15. The number of hydrogen-bond acceptors (Lipinski definition) is 2. The van der Waals surface area contributed by atoms with Crippen molar-refractivity contribution in [2.45, 2.75) is 58.9 Å². The van der Waals surface area contributed by atoms with Crippen molar-refractivity contribution < 1.29 is 9.59 Å². The predicted molar refractivity (Wildman–Crippen MR) is 64.1 cm³/mol. The lowest BCUT2D eigenvalue weighted by molar-refractivity contribution is -0.135. The molecule has 1 rings (SSSR count). The van der Waals surface area contributed by atoms with E-state index in [9.17, 15) is 9.59 Å². The number of ketones is 1. The molecule has 0 atom stereocenters. The second-order valence-corrected chi connectivity index (χ2v) is 5.79. The Labute approximate surface area is 98.2 Å². The Balaban J connectivity index is 2.45. The predicted octanol–water partition coefficient (Wildman–Crippen LogP) is 2.39. The van der Waals surface area contributed by atoms with Gasteiger partial charge in [0.2, 0.25) is 5.91 Å². The number of nitrogens with zero attached hydrogens (tertiary/aromatic N) is 1. The maximum atomic E-state index is 12.0. The molecule has 0 aromatic carbocycles. The Morgan fingerprint density at radius 2 is 2.06 bits per heavy atom. The molecule has 0 N–H and O–H groups in total. The van der Waals surface area contributed by atoms with Crippen molar-refractivity contribution >= 4 is 11.7 Å². The smallest absolute Gasteiger partial charge is 0.223 e. The fourth-order valence-electron chi connectivity index (χ4n) is 2.25. The maximum absolute atomic E-state index is 12.0. The van der Waals surface area contributed by atoms with Crippen LogP contribution >= 0.6 is 0 Å². The lowest BCUT2D eigenvalue weighted by atomic mass is 10.0. The minimum atomic E-state index is -0.272. The van der Waals surface area contributed by atoms with Gasteiger partial charge in [0.15, 0.2) is 5.78 Å². The number of amides is 1. The molecule has 1 heterocycles. The Morgan fingerprint density at radius 1 is 1.44 bits per heavy atom. The van der Waals surface area contributed by atoms with E-state index in [2.05, 4.69) is 13.8 Å². The summed E-state index contributed by atoms with van der Waals surface area (Å²) in [5, 5.41) is 0. The van der Waals surface area contributed by atoms with Gasteiger partial charge in [0.05, 0.1) is 6.54 Å². The SMILES string of the molecule is CC(C)CCCC(=O)N1CC(=O)CC1(C)C. The van der Waals surface area contributed by atoms with Gasteiger partial charge in [-0.1, -0.05) is 20.3 Å². The number of carbonyl (C=O) groups is 2. The molecule has 0 aliphatic carbocycles. The van der Waals surface area contributed by atoms with E-state index in [1.165, 1.54) is 0 Å². The molecule has 3 nitrogen and oxygen atoms in total. The van der Waals surface area contributed by atoms with Gasteiger partial charge in [0, 0.05) is 18.4 Å². The molecule has 0 saturated carbocycles. The highest BCUT2D eigenvalue weighted by atomic mass is 16.2. The summed E-state index contributed by atoms with van der Waals surface area (Å²) < 4.78 is 0. The highest BCUT2D eigenvalue weighted by Crippen LogP contribution is 2.27. The molecule has 1 amide bonds. The van der Waals surface area contributed by atoms with E-state index < -0.39 is 0 Å². The average Bonchev–Trinajstić information content (AvgIpc) is 2.38. The van der Waals surface area contributed by atoms with Gasteiger partial charge in [-0.05, 0) is 26.2 Å². The summed E-state index contributed by atoms with van der Waals surface area (Å²) in [4.78, 5) is 25.1. The molecule has 1 saturated heterocycles. The molecule has 92 valence electrons. The Hall–Kier alpha value is -0.860. The van der Waals surface area contributed by atoms with Gasteiger partial charge in [-0.3, -0.25) is 9.59 Å². The zero-order valence-electron chi connectivity index (χ0n) is 10.9. The van der Waals surface area contributed by atoms with Crippen LogP contribution in [0.3, 0.4) is 0 Å². The minimum Gasteiger partial charge on any atom is -0.330 e. The lowest BCUT2D eigenvalue weighted by Gasteiger charge is -2.30. The molecule has 16 heavy (non-hydrogen) atoms. The number of likely N-dealkylation sites (tertiary alicyclic amines) is 1. The van der Waals surface area contributed by atoms with Crippen LogP contribution in [-0.2, 0) is 9.59 Å². The van der Waals surface area contributed by atoms with Crippen LogP contribution in [-0.4, -0.2) is 28.7 Å². The number of rotatable bonds is 4. The minimum absolute atomic E-state index is 0.136. The fourth-order valence-corrected chi connectivity index (χ4v) is 2.25. The van der Waals surface area contributed by atoms with E-state index >= 15 is 0 Å². The second kappa shape index (κ2) is 4.98. The molecular formula is C13H23NO2. The van der Waals surface area contributed by atoms with E-state index in [0.29, 0.717) is 25.3 Å². The monoisotopic (exact) mass is 225 g/mol. The van der Waals surface area contributed by atoms with Gasteiger partial charge in [0.25, 0.3) is 0 Å². The largest absolute Gasteiger partial charge is 0.330 e. The maximum Gasteiger partial charge on any atom is 0.223 e. The van der Waals surface area contributed by atoms with Crippen molar-refractivity contribution in [1.82, 2.24) is 4.90 Å². The van der Waals surface area contributed by atoms with Gasteiger partial charge >= 0.3 is 0 Å². The first kappa shape index (κ1) is 13.2. The van der Waals surface area contributed by atoms with E-state index in [0.717, 1.165) is 12.8 Å². The van der Waals surface area contributed by atoms with Gasteiger partial charge in [-0.2, -0.15) is 0 Å². The van der Waals surface area contributed by atoms with Gasteiger partial charge in [-0.25, -0.2) is 0 Å². The molecule has 1 aliphatic heterocycles.